The highest BCUT2D eigenvalue weighted by molar-refractivity contribution is 5.95. The summed E-state index contributed by atoms with van der Waals surface area (Å²) in [5.74, 6) is -1.06. The normalized spacial score (nSPS) is 20.4. The van der Waals surface area contributed by atoms with Crippen molar-refractivity contribution < 1.29 is 24.2 Å². The second-order valence-electron chi connectivity index (χ2n) is 12.0. The van der Waals surface area contributed by atoms with Crippen molar-refractivity contribution in [2.75, 3.05) is 31.7 Å². The van der Waals surface area contributed by atoms with E-state index in [1.165, 1.54) is 12.7 Å². The first-order chi connectivity index (χ1) is 19.2. The minimum Gasteiger partial charge on any atom is -0.481 e. The number of amides is 2. The number of hydrogen-bond acceptors (Lipinski definition) is 5. The molecule has 0 aromatic heterocycles. The largest absolute Gasteiger partial charge is 0.481 e. The first-order valence-electron chi connectivity index (χ1n) is 14.3. The van der Waals surface area contributed by atoms with E-state index in [4.69, 9.17) is 4.74 Å². The van der Waals surface area contributed by atoms with E-state index in [0.29, 0.717) is 19.6 Å². The van der Waals surface area contributed by atoms with Crippen molar-refractivity contribution in [3.63, 3.8) is 0 Å². The van der Waals surface area contributed by atoms with Crippen molar-refractivity contribution in [1.82, 2.24) is 9.80 Å². The third-order valence-electron chi connectivity index (χ3n) is 8.16. The molecule has 2 atom stereocenters. The highest BCUT2D eigenvalue weighted by Crippen LogP contribution is 2.33. The molecule has 2 bridgehead atoms. The molecule has 0 spiro atoms. The summed E-state index contributed by atoms with van der Waals surface area (Å²) in [7, 11) is 1.53. The number of hydrogen-bond donors (Lipinski definition) is 1. The van der Waals surface area contributed by atoms with E-state index >= 15 is 0 Å². The Morgan fingerprint density at radius 1 is 0.925 bits per heavy atom. The van der Waals surface area contributed by atoms with Gasteiger partial charge in [0, 0.05) is 57.5 Å². The zero-order valence-electron chi connectivity index (χ0n) is 24.1. The Morgan fingerprint density at radius 2 is 1.62 bits per heavy atom. The first-order valence-corrected chi connectivity index (χ1v) is 14.3. The maximum atomic E-state index is 13.9. The number of carboxylic acid groups (broad SMARTS) is 1. The van der Waals surface area contributed by atoms with Crippen molar-refractivity contribution in [3.8, 4) is 0 Å². The van der Waals surface area contributed by atoms with Crippen LogP contribution in [-0.2, 0) is 32.2 Å². The molecule has 2 heterocycles. The van der Waals surface area contributed by atoms with Crippen LogP contribution in [-0.4, -0.2) is 71.6 Å². The summed E-state index contributed by atoms with van der Waals surface area (Å²) in [5, 5.41) is 9.42. The van der Waals surface area contributed by atoms with Crippen molar-refractivity contribution in [1.29, 1.82) is 0 Å². The third kappa shape index (κ3) is 7.70. The monoisotopic (exact) mass is 549 g/mol. The van der Waals surface area contributed by atoms with Crippen molar-refractivity contribution in [2.24, 2.45) is 5.41 Å². The smallest absolute Gasteiger partial charge is 0.303 e. The van der Waals surface area contributed by atoms with Crippen molar-refractivity contribution in [3.05, 3.63) is 65.7 Å². The Morgan fingerprint density at radius 3 is 2.35 bits per heavy atom. The van der Waals surface area contributed by atoms with E-state index in [1.807, 2.05) is 54.0 Å². The number of rotatable bonds is 8. The van der Waals surface area contributed by atoms with E-state index in [9.17, 15) is 19.5 Å². The number of anilines is 1. The molecule has 4 rings (SSSR count). The number of aliphatic carboxylic acids is 1. The van der Waals surface area contributed by atoms with Gasteiger partial charge in [-0.15, -0.1) is 0 Å². The number of carboxylic acids is 1. The SMILES string of the molecule is COCC(=O)N1CCC2CCCC(CN(C(=O)CC(C)(C)CC(=O)O)Cc3ccccc31)N2Cc1ccccc1. The molecular weight excluding hydrogens is 506 g/mol. The molecule has 1 saturated heterocycles. The minimum absolute atomic E-state index is 0.0125. The van der Waals surface area contributed by atoms with Gasteiger partial charge in [0.15, 0.2) is 0 Å². The highest BCUT2D eigenvalue weighted by atomic mass is 16.5. The van der Waals surface area contributed by atoms with Gasteiger partial charge in [-0.1, -0.05) is 68.8 Å². The summed E-state index contributed by atoms with van der Waals surface area (Å²) < 4.78 is 5.24. The molecule has 216 valence electrons. The fourth-order valence-corrected chi connectivity index (χ4v) is 6.25. The summed E-state index contributed by atoms with van der Waals surface area (Å²) in [5.41, 5.74) is 2.26. The van der Waals surface area contributed by atoms with Crippen LogP contribution in [0.1, 0.15) is 63.5 Å². The summed E-state index contributed by atoms with van der Waals surface area (Å²) in [4.78, 5) is 45.0. The van der Waals surface area contributed by atoms with Gasteiger partial charge in [-0.3, -0.25) is 19.3 Å². The van der Waals surface area contributed by atoms with Crippen molar-refractivity contribution in [2.45, 2.75) is 77.5 Å². The predicted octanol–water partition coefficient (Wildman–Crippen LogP) is 4.71. The fourth-order valence-electron chi connectivity index (χ4n) is 6.25. The summed E-state index contributed by atoms with van der Waals surface area (Å²) in [6.45, 7) is 5.93. The molecule has 8 heteroatoms. The quantitative estimate of drug-likeness (QED) is 0.513. The second kappa shape index (κ2) is 13.4. The number of piperidine rings is 1. The van der Waals surface area contributed by atoms with Gasteiger partial charge >= 0.3 is 5.97 Å². The van der Waals surface area contributed by atoms with Gasteiger partial charge in [0.1, 0.15) is 6.61 Å². The Kier molecular flexibility index (Phi) is 9.98. The van der Waals surface area contributed by atoms with Crippen LogP contribution < -0.4 is 4.90 Å². The summed E-state index contributed by atoms with van der Waals surface area (Å²) in [6.07, 6.45) is 3.98. The van der Waals surface area contributed by atoms with E-state index in [0.717, 1.165) is 43.5 Å². The number of ether oxygens (including phenoxy) is 1. The molecule has 1 fully saturated rings. The molecule has 0 radical (unpaired) electrons. The average Bonchev–Trinajstić information content (AvgIpc) is 2.91. The van der Waals surface area contributed by atoms with Crippen LogP contribution in [0.2, 0.25) is 0 Å². The van der Waals surface area contributed by atoms with Crippen LogP contribution >= 0.6 is 0 Å². The number of methoxy groups -OCH3 is 1. The molecule has 2 aliphatic heterocycles. The molecule has 0 aliphatic carbocycles. The Bertz CT molecular complexity index is 1170. The zero-order chi connectivity index (χ0) is 28.7. The van der Waals surface area contributed by atoms with Crippen molar-refractivity contribution >= 4 is 23.5 Å². The number of benzene rings is 2. The number of nitrogens with zero attached hydrogens (tertiary/aromatic N) is 3. The summed E-state index contributed by atoms with van der Waals surface area (Å²) in [6, 6.07) is 18.6. The average molecular weight is 550 g/mol. The Hall–Kier alpha value is -3.23. The molecular formula is C32H43N3O5. The van der Waals surface area contributed by atoms with Crippen LogP contribution in [0.4, 0.5) is 5.69 Å². The molecule has 2 aromatic carbocycles. The van der Waals surface area contributed by atoms with Crippen LogP contribution in [0.3, 0.4) is 0 Å². The second-order valence-corrected chi connectivity index (χ2v) is 12.0. The Balaban J connectivity index is 1.73. The molecule has 2 amide bonds. The van der Waals surface area contributed by atoms with E-state index in [2.05, 4.69) is 29.2 Å². The minimum atomic E-state index is -0.906. The lowest BCUT2D eigenvalue weighted by molar-refractivity contribution is -0.141. The highest BCUT2D eigenvalue weighted by Gasteiger charge is 2.36. The Labute approximate surface area is 237 Å². The van der Waals surface area contributed by atoms with Gasteiger partial charge in [-0.2, -0.15) is 0 Å². The van der Waals surface area contributed by atoms with Gasteiger partial charge < -0.3 is 19.6 Å². The molecule has 0 saturated carbocycles. The van der Waals surface area contributed by atoms with Crippen LogP contribution in [0.15, 0.2) is 54.6 Å². The zero-order valence-corrected chi connectivity index (χ0v) is 24.1. The van der Waals surface area contributed by atoms with E-state index in [1.54, 1.807) is 0 Å². The van der Waals surface area contributed by atoms with E-state index < -0.39 is 11.4 Å². The standard InChI is InChI=1S/C32H43N3O5/c1-32(2,19-31(38)39)18-29(36)33-21-25-12-7-8-15-28(25)34(30(37)23-40-3)17-16-26-13-9-14-27(22-33)35(26)20-24-10-5-4-6-11-24/h4-8,10-12,15,26-27H,9,13-14,16-23H2,1-3H3,(H,38,39). The number of carbonyl (C=O) groups excluding carboxylic acids is 2. The van der Waals surface area contributed by atoms with Crippen LogP contribution in [0.25, 0.3) is 0 Å². The summed E-state index contributed by atoms with van der Waals surface area (Å²) >= 11 is 0. The van der Waals surface area contributed by atoms with E-state index in [-0.39, 0.29) is 43.3 Å². The lowest BCUT2D eigenvalue weighted by Gasteiger charge is -2.44. The number of carbonyl (C=O) groups is 3. The van der Waals surface area contributed by atoms with Crippen LogP contribution in [0.5, 0.6) is 0 Å². The number of fused-ring (bicyclic) bond motifs is 3. The maximum absolute atomic E-state index is 13.9. The van der Waals surface area contributed by atoms with Gasteiger partial charge in [0.2, 0.25) is 5.91 Å². The van der Waals surface area contributed by atoms with Crippen LogP contribution in [0, 0.1) is 5.41 Å². The van der Waals surface area contributed by atoms with Gasteiger partial charge in [0.05, 0.1) is 6.42 Å². The topological polar surface area (TPSA) is 90.4 Å². The first kappa shape index (κ1) is 29.7. The fraction of sp³-hybridized carbons (Fsp3) is 0.531. The third-order valence-corrected chi connectivity index (χ3v) is 8.16. The molecule has 2 aromatic rings. The molecule has 2 aliphatic rings. The lowest BCUT2D eigenvalue weighted by Crippen LogP contribution is -2.52. The molecule has 1 N–H and O–H groups in total. The van der Waals surface area contributed by atoms with Gasteiger partial charge in [-0.25, -0.2) is 0 Å². The predicted molar refractivity (Wildman–Crippen MR) is 155 cm³/mol. The molecule has 40 heavy (non-hydrogen) atoms. The lowest BCUT2D eigenvalue weighted by atomic mass is 9.85. The number of para-hydroxylation sites is 1. The maximum Gasteiger partial charge on any atom is 0.303 e. The van der Waals surface area contributed by atoms with Gasteiger partial charge in [0.25, 0.3) is 5.91 Å². The molecule has 2 unspecified atom stereocenters. The van der Waals surface area contributed by atoms with Gasteiger partial charge in [-0.05, 0) is 41.9 Å². The molecule has 8 nitrogen and oxygen atoms in total.